The SMILES string of the molecule is COC(=O)CC(C)C(=O)Nc1cc(Cl)ccc1C(=O)OC. The van der Waals surface area contributed by atoms with E-state index >= 15 is 0 Å². The van der Waals surface area contributed by atoms with Gasteiger partial charge >= 0.3 is 11.9 Å². The largest absolute Gasteiger partial charge is 0.469 e. The third-order valence-corrected chi connectivity index (χ3v) is 3.03. The first-order chi connectivity index (χ1) is 9.88. The van der Waals surface area contributed by atoms with Crippen LogP contribution in [0.2, 0.25) is 5.02 Å². The number of ether oxygens (including phenoxy) is 2. The van der Waals surface area contributed by atoms with E-state index in [-0.39, 0.29) is 17.7 Å². The maximum absolute atomic E-state index is 12.0. The Morgan fingerprint density at radius 2 is 1.90 bits per heavy atom. The van der Waals surface area contributed by atoms with Crippen LogP contribution in [-0.2, 0) is 19.1 Å². The van der Waals surface area contributed by atoms with Gasteiger partial charge in [-0.05, 0) is 18.2 Å². The lowest BCUT2D eigenvalue weighted by Crippen LogP contribution is -2.24. The molecule has 0 fully saturated rings. The van der Waals surface area contributed by atoms with Gasteiger partial charge in [-0.2, -0.15) is 0 Å². The van der Waals surface area contributed by atoms with Crippen LogP contribution in [0.5, 0.6) is 0 Å². The van der Waals surface area contributed by atoms with Crippen molar-refractivity contribution in [2.75, 3.05) is 19.5 Å². The van der Waals surface area contributed by atoms with Gasteiger partial charge in [0, 0.05) is 10.9 Å². The summed E-state index contributed by atoms with van der Waals surface area (Å²) >= 11 is 5.86. The van der Waals surface area contributed by atoms with E-state index in [1.54, 1.807) is 6.92 Å². The molecule has 0 heterocycles. The molecule has 0 bridgehead atoms. The van der Waals surface area contributed by atoms with Gasteiger partial charge in [-0.15, -0.1) is 0 Å². The van der Waals surface area contributed by atoms with Gasteiger partial charge < -0.3 is 14.8 Å². The molecule has 0 aliphatic carbocycles. The second kappa shape index (κ2) is 7.64. The molecule has 1 aromatic carbocycles. The van der Waals surface area contributed by atoms with Crippen LogP contribution >= 0.6 is 11.6 Å². The molecule has 0 aliphatic heterocycles. The highest BCUT2D eigenvalue weighted by atomic mass is 35.5. The van der Waals surface area contributed by atoms with Crippen molar-refractivity contribution in [2.24, 2.45) is 5.92 Å². The van der Waals surface area contributed by atoms with Crippen LogP contribution in [-0.4, -0.2) is 32.1 Å². The van der Waals surface area contributed by atoms with Gasteiger partial charge in [0.15, 0.2) is 0 Å². The quantitative estimate of drug-likeness (QED) is 0.843. The zero-order chi connectivity index (χ0) is 16.0. The molecule has 1 rings (SSSR count). The summed E-state index contributed by atoms with van der Waals surface area (Å²) in [6.45, 7) is 1.58. The predicted octanol–water partition coefficient (Wildman–Crippen LogP) is 2.26. The Kier molecular flexibility index (Phi) is 6.17. The van der Waals surface area contributed by atoms with E-state index in [9.17, 15) is 14.4 Å². The summed E-state index contributed by atoms with van der Waals surface area (Å²) in [6.07, 6.45) is -0.0591. The number of hydrogen-bond acceptors (Lipinski definition) is 5. The zero-order valence-electron chi connectivity index (χ0n) is 11.9. The van der Waals surface area contributed by atoms with Crippen molar-refractivity contribution in [3.8, 4) is 0 Å². The van der Waals surface area contributed by atoms with Crippen LogP contribution in [0.25, 0.3) is 0 Å². The highest BCUT2D eigenvalue weighted by molar-refractivity contribution is 6.31. The number of carbonyl (C=O) groups is 3. The molecule has 21 heavy (non-hydrogen) atoms. The van der Waals surface area contributed by atoms with Crippen LogP contribution < -0.4 is 5.32 Å². The summed E-state index contributed by atoms with van der Waals surface area (Å²) in [4.78, 5) is 34.8. The number of esters is 2. The Labute approximate surface area is 127 Å². The van der Waals surface area contributed by atoms with E-state index < -0.39 is 23.8 Å². The van der Waals surface area contributed by atoms with Crippen molar-refractivity contribution in [1.29, 1.82) is 0 Å². The fourth-order valence-electron chi connectivity index (χ4n) is 1.59. The van der Waals surface area contributed by atoms with Crippen molar-refractivity contribution in [1.82, 2.24) is 0 Å². The summed E-state index contributed by atoms with van der Waals surface area (Å²) in [6, 6.07) is 4.41. The molecule has 1 aromatic rings. The number of hydrogen-bond donors (Lipinski definition) is 1. The number of nitrogens with one attached hydrogen (secondary N) is 1. The molecule has 0 saturated heterocycles. The van der Waals surface area contributed by atoms with Crippen LogP contribution in [0.3, 0.4) is 0 Å². The van der Waals surface area contributed by atoms with E-state index in [0.717, 1.165) is 0 Å². The number of anilines is 1. The number of rotatable bonds is 5. The molecule has 0 radical (unpaired) electrons. The number of halogens is 1. The van der Waals surface area contributed by atoms with Crippen molar-refractivity contribution in [2.45, 2.75) is 13.3 Å². The Morgan fingerprint density at radius 1 is 1.24 bits per heavy atom. The topological polar surface area (TPSA) is 81.7 Å². The van der Waals surface area contributed by atoms with E-state index in [1.165, 1.54) is 32.4 Å². The number of benzene rings is 1. The molecule has 0 saturated carbocycles. The number of methoxy groups -OCH3 is 2. The maximum Gasteiger partial charge on any atom is 0.339 e. The standard InChI is InChI=1S/C14H16ClNO5/c1-8(6-12(17)20-2)13(18)16-11-7-9(15)4-5-10(11)14(19)21-3/h4-5,7-8H,6H2,1-3H3,(H,16,18). The highest BCUT2D eigenvalue weighted by Gasteiger charge is 2.20. The molecule has 1 N–H and O–H groups in total. The van der Waals surface area contributed by atoms with Crippen molar-refractivity contribution in [3.63, 3.8) is 0 Å². The lowest BCUT2D eigenvalue weighted by molar-refractivity contribution is -0.143. The first-order valence-electron chi connectivity index (χ1n) is 6.14. The summed E-state index contributed by atoms with van der Waals surface area (Å²) < 4.78 is 9.14. The Morgan fingerprint density at radius 3 is 2.48 bits per heavy atom. The minimum Gasteiger partial charge on any atom is -0.469 e. The third-order valence-electron chi connectivity index (χ3n) is 2.79. The van der Waals surface area contributed by atoms with Gasteiger partial charge in [0.25, 0.3) is 0 Å². The van der Waals surface area contributed by atoms with Crippen LogP contribution in [0.1, 0.15) is 23.7 Å². The lowest BCUT2D eigenvalue weighted by atomic mass is 10.1. The number of carbonyl (C=O) groups excluding carboxylic acids is 3. The highest BCUT2D eigenvalue weighted by Crippen LogP contribution is 2.23. The summed E-state index contributed by atoms with van der Waals surface area (Å²) in [7, 11) is 2.49. The molecule has 7 heteroatoms. The molecular weight excluding hydrogens is 298 g/mol. The Bertz CT molecular complexity index is 558. The average molecular weight is 314 g/mol. The zero-order valence-corrected chi connectivity index (χ0v) is 12.7. The maximum atomic E-state index is 12.0. The molecule has 6 nitrogen and oxygen atoms in total. The minimum atomic E-state index is -0.609. The molecule has 114 valence electrons. The second-order valence-corrected chi connectivity index (χ2v) is 4.79. The molecule has 0 aliphatic rings. The molecule has 1 atom stereocenters. The molecule has 1 amide bonds. The van der Waals surface area contributed by atoms with Gasteiger partial charge in [0.05, 0.1) is 31.9 Å². The van der Waals surface area contributed by atoms with Crippen molar-refractivity contribution in [3.05, 3.63) is 28.8 Å². The normalized spacial score (nSPS) is 11.4. The summed E-state index contributed by atoms with van der Waals surface area (Å²) in [5.41, 5.74) is 0.414. The van der Waals surface area contributed by atoms with Crippen molar-refractivity contribution < 1.29 is 23.9 Å². The van der Waals surface area contributed by atoms with Gasteiger partial charge in [0.1, 0.15) is 0 Å². The van der Waals surface area contributed by atoms with E-state index in [0.29, 0.717) is 5.02 Å². The summed E-state index contributed by atoms with van der Waals surface area (Å²) in [5.74, 6) is -2.12. The van der Waals surface area contributed by atoms with Crippen LogP contribution in [0, 0.1) is 5.92 Å². The lowest BCUT2D eigenvalue weighted by Gasteiger charge is -2.13. The fraction of sp³-hybridized carbons (Fsp3) is 0.357. The van der Waals surface area contributed by atoms with Gasteiger partial charge in [-0.25, -0.2) is 4.79 Å². The first-order valence-corrected chi connectivity index (χ1v) is 6.52. The van der Waals surface area contributed by atoms with E-state index in [1.807, 2.05) is 0 Å². The fourth-order valence-corrected chi connectivity index (χ4v) is 1.76. The third kappa shape index (κ3) is 4.75. The van der Waals surface area contributed by atoms with Gasteiger partial charge in [-0.1, -0.05) is 18.5 Å². The van der Waals surface area contributed by atoms with Gasteiger partial charge in [0.2, 0.25) is 5.91 Å². The molecule has 1 unspecified atom stereocenters. The molecular formula is C14H16ClNO5. The first kappa shape index (κ1) is 17.0. The van der Waals surface area contributed by atoms with Gasteiger partial charge in [-0.3, -0.25) is 9.59 Å². The smallest absolute Gasteiger partial charge is 0.339 e. The minimum absolute atomic E-state index is 0.0591. The van der Waals surface area contributed by atoms with Crippen molar-refractivity contribution >= 4 is 35.1 Å². The molecule has 0 aromatic heterocycles. The van der Waals surface area contributed by atoms with E-state index in [4.69, 9.17) is 11.6 Å². The monoisotopic (exact) mass is 313 g/mol. The molecule has 0 spiro atoms. The number of amides is 1. The Balaban J connectivity index is 2.91. The average Bonchev–Trinajstić information content (AvgIpc) is 2.46. The van der Waals surface area contributed by atoms with Crippen LogP contribution in [0.15, 0.2) is 18.2 Å². The second-order valence-electron chi connectivity index (χ2n) is 4.35. The predicted molar refractivity (Wildman–Crippen MR) is 77.2 cm³/mol. The summed E-state index contributed by atoms with van der Waals surface area (Å²) in [5, 5.41) is 2.92. The Hall–Kier alpha value is -2.08. The van der Waals surface area contributed by atoms with E-state index in [2.05, 4.69) is 14.8 Å². The van der Waals surface area contributed by atoms with Crippen LogP contribution in [0.4, 0.5) is 5.69 Å².